The predicted octanol–water partition coefficient (Wildman–Crippen LogP) is 2.44. The Morgan fingerprint density at radius 3 is 2.50 bits per heavy atom. The van der Waals surface area contributed by atoms with Crippen LogP contribution >= 0.6 is 0 Å². The van der Waals surface area contributed by atoms with Gasteiger partial charge in [0.25, 0.3) is 0 Å². The van der Waals surface area contributed by atoms with Crippen molar-refractivity contribution < 1.29 is 22.7 Å². The van der Waals surface area contributed by atoms with Crippen LogP contribution in [0, 0.1) is 6.92 Å². The summed E-state index contributed by atoms with van der Waals surface area (Å²) in [5, 5.41) is 2.80. The third-order valence-corrected chi connectivity index (χ3v) is 6.01. The summed E-state index contributed by atoms with van der Waals surface area (Å²) in [4.78, 5) is 12.8. The standard InChI is InChI=1S/C22H30N2O5S/c1-4-29-14-8-13-23-22(25)20(16-18-9-6-5-7-10-18)24-30(26,27)19-11-12-21(28-3)17(2)15-19/h5-7,9-12,15,20,24H,4,8,13-14,16H2,1-3H3,(H,23,25). The summed E-state index contributed by atoms with van der Waals surface area (Å²) in [6.45, 7) is 5.24. The first-order valence-corrected chi connectivity index (χ1v) is 11.4. The number of methoxy groups -OCH3 is 1. The molecule has 2 aromatic rings. The number of nitrogens with one attached hydrogen (secondary N) is 2. The average Bonchev–Trinajstić information content (AvgIpc) is 2.73. The highest BCUT2D eigenvalue weighted by atomic mass is 32.2. The smallest absolute Gasteiger partial charge is 0.241 e. The Labute approximate surface area is 178 Å². The number of aryl methyl sites for hydroxylation is 1. The number of hydrogen-bond donors (Lipinski definition) is 2. The van der Waals surface area contributed by atoms with Gasteiger partial charge < -0.3 is 14.8 Å². The minimum atomic E-state index is -3.90. The van der Waals surface area contributed by atoms with Crippen LogP contribution in [-0.4, -0.2) is 47.2 Å². The van der Waals surface area contributed by atoms with Crippen molar-refractivity contribution in [2.75, 3.05) is 26.9 Å². The topological polar surface area (TPSA) is 93.7 Å². The number of carbonyl (C=O) groups excluding carboxylic acids is 1. The molecule has 1 atom stereocenters. The number of benzene rings is 2. The summed E-state index contributed by atoms with van der Waals surface area (Å²) in [6, 6.07) is 13.0. The molecule has 1 unspecified atom stereocenters. The van der Waals surface area contributed by atoms with Crippen molar-refractivity contribution in [2.24, 2.45) is 0 Å². The van der Waals surface area contributed by atoms with Crippen molar-refractivity contribution in [3.05, 3.63) is 59.7 Å². The van der Waals surface area contributed by atoms with E-state index in [0.717, 1.165) is 5.56 Å². The lowest BCUT2D eigenvalue weighted by molar-refractivity contribution is -0.122. The van der Waals surface area contributed by atoms with Crippen molar-refractivity contribution in [2.45, 2.75) is 37.6 Å². The second-order valence-corrected chi connectivity index (χ2v) is 8.55. The fourth-order valence-electron chi connectivity index (χ4n) is 2.96. The molecule has 2 rings (SSSR count). The summed E-state index contributed by atoms with van der Waals surface area (Å²) < 4.78 is 38.9. The fraction of sp³-hybridized carbons (Fsp3) is 0.409. The first-order valence-electron chi connectivity index (χ1n) is 9.93. The van der Waals surface area contributed by atoms with Gasteiger partial charge in [-0.05, 0) is 56.0 Å². The molecule has 2 N–H and O–H groups in total. The van der Waals surface area contributed by atoms with E-state index in [1.54, 1.807) is 13.0 Å². The molecule has 30 heavy (non-hydrogen) atoms. The first kappa shape index (κ1) is 23.9. The number of hydrogen-bond acceptors (Lipinski definition) is 5. The van der Waals surface area contributed by atoms with E-state index in [9.17, 15) is 13.2 Å². The maximum absolute atomic E-state index is 13.0. The Hall–Kier alpha value is -2.42. The molecule has 0 aromatic heterocycles. The molecule has 2 aromatic carbocycles. The summed E-state index contributed by atoms with van der Waals surface area (Å²) in [6.07, 6.45) is 0.897. The van der Waals surface area contributed by atoms with E-state index in [2.05, 4.69) is 10.0 Å². The molecule has 0 saturated carbocycles. The zero-order chi connectivity index (χ0) is 22.0. The van der Waals surface area contributed by atoms with Crippen molar-refractivity contribution in [3.63, 3.8) is 0 Å². The largest absolute Gasteiger partial charge is 0.496 e. The number of carbonyl (C=O) groups is 1. The highest BCUT2D eigenvalue weighted by molar-refractivity contribution is 7.89. The van der Waals surface area contributed by atoms with E-state index in [1.165, 1.54) is 19.2 Å². The number of sulfonamides is 1. The van der Waals surface area contributed by atoms with Gasteiger partial charge in [0.1, 0.15) is 11.8 Å². The Morgan fingerprint density at radius 1 is 1.13 bits per heavy atom. The molecule has 0 radical (unpaired) electrons. The summed E-state index contributed by atoms with van der Waals surface area (Å²) in [7, 11) is -2.37. The van der Waals surface area contributed by atoms with Gasteiger partial charge in [-0.3, -0.25) is 4.79 Å². The Balaban J connectivity index is 2.16. The van der Waals surface area contributed by atoms with Gasteiger partial charge in [0.05, 0.1) is 12.0 Å². The van der Waals surface area contributed by atoms with E-state index in [4.69, 9.17) is 9.47 Å². The molecule has 0 aliphatic rings. The molecule has 0 aliphatic heterocycles. The van der Waals surface area contributed by atoms with Gasteiger partial charge in [0, 0.05) is 19.8 Å². The third kappa shape index (κ3) is 7.12. The molecule has 0 saturated heterocycles. The second-order valence-electron chi connectivity index (χ2n) is 6.84. The molecule has 1 amide bonds. The lowest BCUT2D eigenvalue weighted by Crippen LogP contribution is -2.48. The molecule has 8 heteroatoms. The van der Waals surface area contributed by atoms with Gasteiger partial charge in [0.15, 0.2) is 0 Å². The van der Waals surface area contributed by atoms with Crippen LogP contribution in [0.3, 0.4) is 0 Å². The van der Waals surface area contributed by atoms with Gasteiger partial charge in [-0.15, -0.1) is 0 Å². The number of ether oxygens (including phenoxy) is 2. The molecule has 0 bridgehead atoms. The molecular weight excluding hydrogens is 404 g/mol. The van der Waals surface area contributed by atoms with Crippen molar-refractivity contribution in [1.29, 1.82) is 0 Å². The Morgan fingerprint density at radius 2 is 1.87 bits per heavy atom. The number of rotatable bonds is 12. The monoisotopic (exact) mass is 434 g/mol. The summed E-state index contributed by atoms with van der Waals surface area (Å²) in [5.41, 5.74) is 1.56. The van der Waals surface area contributed by atoms with E-state index >= 15 is 0 Å². The van der Waals surface area contributed by atoms with Crippen molar-refractivity contribution in [1.82, 2.24) is 10.0 Å². The lowest BCUT2D eigenvalue weighted by Gasteiger charge is -2.19. The van der Waals surface area contributed by atoms with Crippen molar-refractivity contribution >= 4 is 15.9 Å². The third-order valence-electron chi connectivity index (χ3n) is 4.54. The van der Waals surface area contributed by atoms with Crippen LogP contribution in [-0.2, 0) is 26.0 Å². The van der Waals surface area contributed by atoms with E-state index in [1.807, 2.05) is 37.3 Å². The van der Waals surface area contributed by atoms with E-state index < -0.39 is 16.1 Å². The molecule has 0 heterocycles. The maximum Gasteiger partial charge on any atom is 0.241 e. The van der Waals surface area contributed by atoms with Crippen LogP contribution in [0.15, 0.2) is 53.4 Å². The highest BCUT2D eigenvalue weighted by Crippen LogP contribution is 2.21. The van der Waals surface area contributed by atoms with E-state index in [-0.39, 0.29) is 17.2 Å². The van der Waals surface area contributed by atoms with Gasteiger partial charge in [-0.2, -0.15) is 4.72 Å². The molecular formula is C22H30N2O5S. The van der Waals surface area contributed by atoms with Crippen LogP contribution in [0.5, 0.6) is 5.75 Å². The first-order chi connectivity index (χ1) is 14.4. The maximum atomic E-state index is 13.0. The molecule has 7 nitrogen and oxygen atoms in total. The molecule has 164 valence electrons. The van der Waals surface area contributed by atoms with Gasteiger partial charge in [-0.1, -0.05) is 30.3 Å². The van der Waals surface area contributed by atoms with Crippen LogP contribution in [0.4, 0.5) is 0 Å². The Kier molecular flexibility index (Phi) is 9.29. The zero-order valence-corrected chi connectivity index (χ0v) is 18.5. The van der Waals surface area contributed by atoms with Gasteiger partial charge in [0.2, 0.25) is 15.9 Å². The predicted molar refractivity (Wildman–Crippen MR) is 116 cm³/mol. The number of amides is 1. The normalized spacial score (nSPS) is 12.4. The summed E-state index contributed by atoms with van der Waals surface area (Å²) in [5.74, 6) is 0.228. The van der Waals surface area contributed by atoms with Gasteiger partial charge >= 0.3 is 0 Å². The lowest BCUT2D eigenvalue weighted by atomic mass is 10.1. The average molecular weight is 435 g/mol. The quantitative estimate of drug-likeness (QED) is 0.501. The highest BCUT2D eigenvalue weighted by Gasteiger charge is 2.26. The summed E-state index contributed by atoms with van der Waals surface area (Å²) >= 11 is 0. The van der Waals surface area contributed by atoms with Crippen molar-refractivity contribution in [3.8, 4) is 5.75 Å². The zero-order valence-electron chi connectivity index (χ0n) is 17.7. The minimum Gasteiger partial charge on any atom is -0.496 e. The van der Waals surface area contributed by atoms with Crippen LogP contribution in [0.2, 0.25) is 0 Å². The van der Waals surface area contributed by atoms with Gasteiger partial charge in [-0.25, -0.2) is 8.42 Å². The minimum absolute atomic E-state index is 0.0861. The van der Waals surface area contributed by atoms with Crippen LogP contribution < -0.4 is 14.8 Å². The van der Waals surface area contributed by atoms with Crippen LogP contribution in [0.1, 0.15) is 24.5 Å². The SMILES string of the molecule is CCOCCCNC(=O)C(Cc1ccccc1)NS(=O)(=O)c1ccc(OC)c(C)c1. The van der Waals surface area contributed by atoms with E-state index in [0.29, 0.717) is 37.5 Å². The van der Waals surface area contributed by atoms with Crippen LogP contribution in [0.25, 0.3) is 0 Å². The molecule has 0 spiro atoms. The molecule has 0 fully saturated rings. The second kappa shape index (κ2) is 11.7. The fourth-order valence-corrected chi connectivity index (χ4v) is 4.24. The molecule has 0 aliphatic carbocycles. The Bertz CT molecular complexity index is 916.